The van der Waals surface area contributed by atoms with E-state index in [1.165, 1.54) is 11.1 Å². The number of hydrogen-bond acceptors (Lipinski definition) is 2. The Labute approximate surface area is 174 Å². The zero-order chi connectivity index (χ0) is 20.9. The van der Waals surface area contributed by atoms with E-state index >= 15 is 0 Å². The molecule has 3 atom stereocenters. The summed E-state index contributed by atoms with van der Waals surface area (Å²) in [6.45, 7) is 11.0. The Hall–Kier alpha value is -1.78. The molecule has 4 heteroatoms. The van der Waals surface area contributed by atoms with Crippen LogP contribution in [-0.4, -0.2) is 26.2 Å². The minimum absolute atomic E-state index is 0.143. The van der Waals surface area contributed by atoms with Crippen LogP contribution in [0.5, 0.6) is 0 Å². The van der Waals surface area contributed by atoms with Crippen molar-refractivity contribution in [3.8, 4) is 0 Å². The van der Waals surface area contributed by atoms with Crippen molar-refractivity contribution in [3.63, 3.8) is 0 Å². The van der Waals surface area contributed by atoms with Crippen molar-refractivity contribution in [1.29, 1.82) is 0 Å². The summed E-state index contributed by atoms with van der Waals surface area (Å²) in [5.74, 6) is 1.49. The van der Waals surface area contributed by atoms with Crippen LogP contribution in [0.15, 0.2) is 48.5 Å². The first-order valence-corrected chi connectivity index (χ1v) is 10.8. The fourth-order valence-corrected chi connectivity index (χ4v) is 4.70. The summed E-state index contributed by atoms with van der Waals surface area (Å²) in [7, 11) is 0. The zero-order valence-electron chi connectivity index (χ0n) is 17.8. The van der Waals surface area contributed by atoms with Crippen molar-refractivity contribution in [2.75, 3.05) is 26.2 Å². The monoisotopic (exact) mass is 400 g/mol. The molecule has 2 nitrogen and oxygen atoms in total. The Balaban J connectivity index is 0.000000166. The molecule has 2 aliphatic rings. The van der Waals surface area contributed by atoms with E-state index in [0.29, 0.717) is 17.8 Å². The van der Waals surface area contributed by atoms with Crippen LogP contribution in [0.2, 0.25) is 0 Å². The Kier molecular flexibility index (Phi) is 7.42. The molecule has 0 saturated carbocycles. The predicted octanol–water partition coefficient (Wildman–Crippen LogP) is 5.47. The van der Waals surface area contributed by atoms with Gasteiger partial charge in [-0.05, 0) is 91.0 Å². The maximum Gasteiger partial charge on any atom is 0.123 e. The molecule has 2 aliphatic heterocycles. The smallest absolute Gasteiger partial charge is 0.123 e. The van der Waals surface area contributed by atoms with Gasteiger partial charge in [-0.25, -0.2) is 8.78 Å². The highest BCUT2D eigenvalue weighted by Crippen LogP contribution is 2.39. The summed E-state index contributed by atoms with van der Waals surface area (Å²) >= 11 is 0. The van der Waals surface area contributed by atoms with Gasteiger partial charge in [-0.15, -0.1) is 0 Å². The van der Waals surface area contributed by atoms with E-state index in [0.717, 1.165) is 39.0 Å². The van der Waals surface area contributed by atoms with Crippen molar-refractivity contribution < 1.29 is 8.78 Å². The fourth-order valence-electron chi connectivity index (χ4n) is 4.70. The van der Waals surface area contributed by atoms with Gasteiger partial charge in [-0.3, -0.25) is 0 Å². The average Bonchev–Trinajstić information content (AvgIpc) is 2.70. The van der Waals surface area contributed by atoms with Crippen molar-refractivity contribution >= 4 is 0 Å². The van der Waals surface area contributed by atoms with E-state index in [4.69, 9.17) is 0 Å². The lowest BCUT2D eigenvalue weighted by molar-refractivity contribution is 0.219. The number of rotatable bonds is 2. The second kappa shape index (κ2) is 9.82. The quantitative estimate of drug-likeness (QED) is 0.699. The van der Waals surface area contributed by atoms with Gasteiger partial charge in [0.25, 0.3) is 0 Å². The molecule has 4 rings (SSSR count). The van der Waals surface area contributed by atoms with Crippen LogP contribution in [0.1, 0.15) is 56.6 Å². The maximum absolute atomic E-state index is 12.8. The number of hydrogen-bond donors (Lipinski definition) is 2. The van der Waals surface area contributed by atoms with Crippen molar-refractivity contribution in [2.24, 2.45) is 11.3 Å². The van der Waals surface area contributed by atoms with Crippen LogP contribution in [0, 0.1) is 23.0 Å². The molecule has 2 aromatic carbocycles. The highest BCUT2D eigenvalue weighted by molar-refractivity contribution is 5.24. The number of nitrogens with one attached hydrogen (secondary N) is 2. The molecular formula is C25H34F2N2. The van der Waals surface area contributed by atoms with Crippen LogP contribution >= 0.6 is 0 Å². The highest BCUT2D eigenvalue weighted by Gasteiger charge is 2.33. The Bertz CT molecular complexity index is 755. The molecule has 2 N–H and O–H groups in total. The molecule has 0 radical (unpaired) electrons. The van der Waals surface area contributed by atoms with E-state index in [1.54, 1.807) is 24.3 Å². The van der Waals surface area contributed by atoms with E-state index in [2.05, 4.69) is 31.4 Å². The van der Waals surface area contributed by atoms with Gasteiger partial charge in [0, 0.05) is 6.54 Å². The predicted molar refractivity (Wildman–Crippen MR) is 116 cm³/mol. The van der Waals surface area contributed by atoms with Crippen molar-refractivity contribution in [3.05, 3.63) is 71.3 Å². The number of halogens is 2. The minimum atomic E-state index is -0.148. The topological polar surface area (TPSA) is 24.1 Å². The Morgan fingerprint density at radius 3 is 1.90 bits per heavy atom. The van der Waals surface area contributed by atoms with Crippen LogP contribution in [0.4, 0.5) is 8.78 Å². The normalized spacial score (nSPS) is 26.3. The maximum atomic E-state index is 12.8. The lowest BCUT2D eigenvalue weighted by atomic mass is 9.71. The molecule has 0 spiro atoms. The molecule has 0 aliphatic carbocycles. The lowest BCUT2D eigenvalue weighted by Crippen LogP contribution is -2.41. The largest absolute Gasteiger partial charge is 0.316 e. The van der Waals surface area contributed by atoms with Gasteiger partial charge < -0.3 is 10.6 Å². The van der Waals surface area contributed by atoms with Gasteiger partial charge in [0.2, 0.25) is 0 Å². The second-order valence-electron chi connectivity index (χ2n) is 9.19. The molecule has 2 heterocycles. The van der Waals surface area contributed by atoms with E-state index in [9.17, 15) is 8.78 Å². The van der Waals surface area contributed by atoms with Crippen LogP contribution < -0.4 is 10.6 Å². The molecule has 158 valence electrons. The molecule has 29 heavy (non-hydrogen) atoms. The third kappa shape index (κ3) is 5.86. The zero-order valence-corrected chi connectivity index (χ0v) is 17.8. The van der Waals surface area contributed by atoms with Gasteiger partial charge in [0.15, 0.2) is 0 Å². The first-order valence-electron chi connectivity index (χ1n) is 10.8. The van der Waals surface area contributed by atoms with Crippen LogP contribution in [0.25, 0.3) is 0 Å². The first-order chi connectivity index (χ1) is 13.9. The Morgan fingerprint density at radius 2 is 1.34 bits per heavy atom. The summed E-state index contributed by atoms with van der Waals surface area (Å²) in [5.41, 5.74) is 2.80. The van der Waals surface area contributed by atoms with E-state index < -0.39 is 0 Å². The molecule has 0 aromatic heterocycles. The van der Waals surface area contributed by atoms with Crippen molar-refractivity contribution in [1.82, 2.24) is 10.6 Å². The summed E-state index contributed by atoms with van der Waals surface area (Å²) in [4.78, 5) is 0. The van der Waals surface area contributed by atoms with Gasteiger partial charge >= 0.3 is 0 Å². The SMILES string of the molecule is CC1(C)CNCCC1c1ccc(F)cc1.C[C@@H]1CNCC[C@H]1c1ccc(F)cc1. The van der Waals surface area contributed by atoms with Gasteiger partial charge in [0.05, 0.1) is 0 Å². The second-order valence-corrected chi connectivity index (χ2v) is 9.19. The highest BCUT2D eigenvalue weighted by atomic mass is 19.1. The minimum Gasteiger partial charge on any atom is -0.316 e. The summed E-state index contributed by atoms with van der Waals surface area (Å²) < 4.78 is 25.6. The van der Waals surface area contributed by atoms with E-state index in [-0.39, 0.29) is 17.0 Å². The summed E-state index contributed by atoms with van der Waals surface area (Å²) in [6, 6.07) is 13.9. The van der Waals surface area contributed by atoms with Gasteiger partial charge in [-0.1, -0.05) is 45.0 Å². The van der Waals surface area contributed by atoms with E-state index in [1.807, 2.05) is 24.3 Å². The van der Waals surface area contributed by atoms with Crippen molar-refractivity contribution in [2.45, 2.75) is 45.4 Å². The molecule has 2 saturated heterocycles. The molecule has 2 fully saturated rings. The third-order valence-corrected chi connectivity index (χ3v) is 6.49. The molecule has 0 bridgehead atoms. The Morgan fingerprint density at radius 1 is 0.793 bits per heavy atom. The van der Waals surface area contributed by atoms with Gasteiger partial charge in [0.1, 0.15) is 11.6 Å². The lowest BCUT2D eigenvalue weighted by Gasteiger charge is -2.39. The average molecular weight is 401 g/mol. The fraction of sp³-hybridized carbons (Fsp3) is 0.520. The summed E-state index contributed by atoms with van der Waals surface area (Å²) in [5, 5.41) is 6.78. The van der Waals surface area contributed by atoms with Crippen LogP contribution in [-0.2, 0) is 0 Å². The molecular weight excluding hydrogens is 366 g/mol. The number of piperidine rings is 2. The molecule has 0 amide bonds. The number of benzene rings is 2. The molecule has 1 unspecified atom stereocenters. The molecule has 2 aromatic rings. The standard InChI is InChI=1S/C13H18FN.C12H16FN/c1-13(2)9-15-8-7-12(13)10-3-5-11(14)6-4-10;1-9-8-14-7-6-12(9)10-2-4-11(13)5-3-10/h3-6,12,15H,7-9H2,1-2H3;2-5,9,12,14H,6-8H2,1H3/t;9-,12-/m.1/s1. The third-order valence-electron chi connectivity index (χ3n) is 6.49. The first kappa shape index (κ1) is 21.9. The summed E-state index contributed by atoms with van der Waals surface area (Å²) in [6.07, 6.45) is 2.30. The van der Waals surface area contributed by atoms with Crippen LogP contribution in [0.3, 0.4) is 0 Å². The van der Waals surface area contributed by atoms with Gasteiger partial charge in [-0.2, -0.15) is 0 Å².